The molecule has 0 aliphatic carbocycles. The lowest BCUT2D eigenvalue weighted by Gasteiger charge is -2.29. The number of benzene rings is 3. The number of hydrogen-bond donors (Lipinski definition) is 2. The molecule has 0 atom stereocenters. The van der Waals surface area contributed by atoms with Crippen LogP contribution in [0.5, 0.6) is 5.75 Å². The van der Waals surface area contributed by atoms with E-state index in [4.69, 9.17) is 9.84 Å². The lowest BCUT2D eigenvalue weighted by atomic mass is 10.0. The Balaban J connectivity index is 1.19. The van der Waals surface area contributed by atoms with Gasteiger partial charge in [-0.2, -0.15) is 11.8 Å². The number of hydrogen-bond acceptors (Lipinski definition) is 5. The minimum absolute atomic E-state index is 0.152. The van der Waals surface area contributed by atoms with Crippen molar-refractivity contribution in [2.24, 2.45) is 0 Å². The van der Waals surface area contributed by atoms with Crippen LogP contribution in [0.1, 0.15) is 30.4 Å². The highest BCUT2D eigenvalue weighted by molar-refractivity contribution is 7.98. The van der Waals surface area contributed by atoms with Crippen molar-refractivity contribution in [1.82, 2.24) is 5.32 Å². The van der Waals surface area contributed by atoms with Gasteiger partial charge in [0.2, 0.25) is 0 Å². The number of aliphatic hydroxyl groups is 1. The average molecular weight is 491 g/mol. The zero-order chi connectivity index (χ0) is 24.1. The third-order valence-electron chi connectivity index (χ3n) is 6.41. The Morgan fingerprint density at radius 1 is 0.829 bits per heavy atom. The van der Waals surface area contributed by atoms with Gasteiger partial charge in [0.05, 0.1) is 6.61 Å². The standard InChI is InChI=1S/C30H38N2O2S/c33-20-16-31-17-21-34-30-13-11-28(12-14-30)27-9-7-26(8-10-27)24-35-22-15-25-5-4-6-29(23-25)32-18-2-1-3-19-32/h4-14,23,31,33H,1-3,15-22,24H2. The quantitative estimate of drug-likeness (QED) is 0.297. The normalized spacial score (nSPS) is 13.7. The molecule has 1 aliphatic rings. The summed E-state index contributed by atoms with van der Waals surface area (Å²) in [6.45, 7) is 4.48. The Labute approximate surface area is 214 Å². The second-order valence-electron chi connectivity index (χ2n) is 9.06. The summed E-state index contributed by atoms with van der Waals surface area (Å²) in [5, 5.41) is 11.9. The minimum Gasteiger partial charge on any atom is -0.492 e. The van der Waals surface area contributed by atoms with Crippen LogP contribution < -0.4 is 15.0 Å². The Morgan fingerprint density at radius 2 is 1.57 bits per heavy atom. The fraction of sp³-hybridized carbons (Fsp3) is 0.400. The van der Waals surface area contributed by atoms with Crippen LogP contribution in [0.15, 0.2) is 72.8 Å². The molecule has 186 valence electrons. The minimum atomic E-state index is 0.152. The molecule has 0 amide bonds. The van der Waals surface area contributed by atoms with Crippen LogP contribution in [-0.4, -0.2) is 50.3 Å². The highest BCUT2D eigenvalue weighted by atomic mass is 32.2. The summed E-state index contributed by atoms with van der Waals surface area (Å²) >= 11 is 2.01. The van der Waals surface area contributed by atoms with Gasteiger partial charge in [-0.25, -0.2) is 0 Å². The van der Waals surface area contributed by atoms with Crippen molar-refractivity contribution in [2.75, 3.05) is 50.0 Å². The lowest BCUT2D eigenvalue weighted by Crippen LogP contribution is -2.29. The highest BCUT2D eigenvalue weighted by Gasteiger charge is 2.11. The fourth-order valence-electron chi connectivity index (χ4n) is 4.42. The Hall–Kier alpha value is -2.47. The fourth-order valence-corrected chi connectivity index (χ4v) is 5.38. The van der Waals surface area contributed by atoms with Crippen LogP contribution in [0.4, 0.5) is 5.69 Å². The summed E-state index contributed by atoms with van der Waals surface area (Å²) < 4.78 is 5.74. The van der Waals surface area contributed by atoms with Gasteiger partial charge in [0.25, 0.3) is 0 Å². The second kappa shape index (κ2) is 14.2. The van der Waals surface area contributed by atoms with Crippen LogP contribution in [0.2, 0.25) is 0 Å². The molecule has 1 saturated heterocycles. The number of piperidine rings is 1. The van der Waals surface area contributed by atoms with Crippen molar-refractivity contribution in [3.63, 3.8) is 0 Å². The molecule has 1 heterocycles. The monoisotopic (exact) mass is 490 g/mol. The molecule has 0 saturated carbocycles. The third-order valence-corrected chi connectivity index (χ3v) is 7.44. The molecule has 1 fully saturated rings. The van der Waals surface area contributed by atoms with E-state index in [2.05, 4.69) is 70.9 Å². The number of nitrogens with zero attached hydrogens (tertiary/aromatic N) is 1. The maximum Gasteiger partial charge on any atom is 0.119 e. The number of aryl methyl sites for hydroxylation is 1. The predicted octanol–water partition coefficient (Wildman–Crippen LogP) is 5.78. The van der Waals surface area contributed by atoms with E-state index in [1.54, 1.807) is 0 Å². The van der Waals surface area contributed by atoms with Crippen molar-refractivity contribution in [1.29, 1.82) is 0 Å². The molecular weight excluding hydrogens is 452 g/mol. The van der Waals surface area contributed by atoms with Gasteiger partial charge in [0.15, 0.2) is 0 Å². The maximum absolute atomic E-state index is 8.78. The number of nitrogens with one attached hydrogen (secondary N) is 1. The molecule has 0 unspecified atom stereocenters. The molecule has 3 aromatic rings. The summed E-state index contributed by atoms with van der Waals surface area (Å²) in [7, 11) is 0. The molecule has 0 bridgehead atoms. The molecule has 4 nitrogen and oxygen atoms in total. The van der Waals surface area contributed by atoms with E-state index in [1.807, 2.05) is 23.9 Å². The van der Waals surface area contributed by atoms with Crippen molar-refractivity contribution < 1.29 is 9.84 Å². The van der Waals surface area contributed by atoms with Crippen LogP contribution in [0.25, 0.3) is 11.1 Å². The van der Waals surface area contributed by atoms with Gasteiger partial charge in [-0.05, 0) is 78.0 Å². The van der Waals surface area contributed by atoms with Gasteiger partial charge < -0.3 is 20.1 Å². The van der Waals surface area contributed by atoms with E-state index in [-0.39, 0.29) is 6.61 Å². The first-order valence-corrected chi connectivity index (χ1v) is 14.0. The van der Waals surface area contributed by atoms with E-state index in [0.29, 0.717) is 13.2 Å². The summed E-state index contributed by atoms with van der Waals surface area (Å²) in [5.74, 6) is 3.06. The van der Waals surface area contributed by atoms with Crippen molar-refractivity contribution >= 4 is 17.4 Å². The van der Waals surface area contributed by atoms with E-state index in [0.717, 1.165) is 30.2 Å². The molecule has 3 aromatic carbocycles. The largest absolute Gasteiger partial charge is 0.492 e. The smallest absolute Gasteiger partial charge is 0.119 e. The maximum atomic E-state index is 8.78. The number of thioether (sulfide) groups is 1. The summed E-state index contributed by atoms with van der Waals surface area (Å²) in [5.41, 5.74) is 6.64. The summed E-state index contributed by atoms with van der Waals surface area (Å²) in [6.07, 6.45) is 5.14. The van der Waals surface area contributed by atoms with Crippen molar-refractivity contribution in [3.8, 4) is 16.9 Å². The Bertz CT molecular complexity index is 1000. The van der Waals surface area contributed by atoms with Crippen LogP contribution in [0.3, 0.4) is 0 Å². The molecule has 5 heteroatoms. The van der Waals surface area contributed by atoms with E-state index < -0.39 is 0 Å². The van der Waals surface area contributed by atoms with Gasteiger partial charge in [-0.15, -0.1) is 0 Å². The topological polar surface area (TPSA) is 44.7 Å². The first-order valence-electron chi connectivity index (χ1n) is 12.9. The first-order chi connectivity index (χ1) is 17.3. The number of ether oxygens (including phenoxy) is 1. The average Bonchev–Trinajstić information content (AvgIpc) is 2.92. The summed E-state index contributed by atoms with van der Waals surface area (Å²) in [6, 6.07) is 26.3. The lowest BCUT2D eigenvalue weighted by molar-refractivity contribution is 0.276. The van der Waals surface area contributed by atoms with Crippen molar-refractivity contribution in [3.05, 3.63) is 83.9 Å². The molecular formula is C30H38N2O2S. The molecule has 0 spiro atoms. The molecule has 0 radical (unpaired) electrons. The molecule has 4 rings (SSSR count). The summed E-state index contributed by atoms with van der Waals surface area (Å²) in [4.78, 5) is 2.54. The zero-order valence-corrected chi connectivity index (χ0v) is 21.4. The second-order valence-corrected chi connectivity index (χ2v) is 10.2. The molecule has 2 N–H and O–H groups in total. The zero-order valence-electron chi connectivity index (χ0n) is 20.6. The van der Waals surface area contributed by atoms with Gasteiger partial charge in [0, 0.05) is 37.6 Å². The van der Waals surface area contributed by atoms with Gasteiger partial charge in [-0.1, -0.05) is 48.5 Å². The molecule has 35 heavy (non-hydrogen) atoms. The van der Waals surface area contributed by atoms with E-state index >= 15 is 0 Å². The SMILES string of the molecule is OCCNCCOc1ccc(-c2ccc(CSCCc3cccc(N4CCCCC4)c3)cc2)cc1. The molecule has 0 aromatic heterocycles. The first kappa shape index (κ1) is 25.6. The van der Waals surface area contributed by atoms with Crippen LogP contribution >= 0.6 is 11.8 Å². The number of aliphatic hydroxyl groups excluding tert-OH is 1. The van der Waals surface area contributed by atoms with E-state index in [1.165, 1.54) is 60.3 Å². The molecule has 1 aliphatic heterocycles. The van der Waals surface area contributed by atoms with Crippen molar-refractivity contribution in [2.45, 2.75) is 31.4 Å². The third kappa shape index (κ3) is 8.31. The van der Waals surface area contributed by atoms with Crippen LogP contribution in [-0.2, 0) is 12.2 Å². The van der Waals surface area contributed by atoms with Crippen LogP contribution in [0, 0.1) is 0 Å². The predicted molar refractivity (Wildman–Crippen MR) is 150 cm³/mol. The highest BCUT2D eigenvalue weighted by Crippen LogP contribution is 2.25. The van der Waals surface area contributed by atoms with Gasteiger partial charge in [-0.3, -0.25) is 0 Å². The Morgan fingerprint density at radius 3 is 2.31 bits per heavy atom. The number of rotatable bonds is 13. The van der Waals surface area contributed by atoms with E-state index in [9.17, 15) is 0 Å². The number of anilines is 1. The Kier molecular flexibility index (Phi) is 10.4. The van der Waals surface area contributed by atoms with Gasteiger partial charge >= 0.3 is 0 Å². The van der Waals surface area contributed by atoms with Gasteiger partial charge in [0.1, 0.15) is 12.4 Å².